The fourth-order valence-corrected chi connectivity index (χ4v) is 1.71. The summed E-state index contributed by atoms with van der Waals surface area (Å²) >= 11 is 0. The second-order valence-corrected chi connectivity index (χ2v) is 4.47. The van der Waals surface area contributed by atoms with Crippen molar-refractivity contribution in [2.45, 2.75) is 0 Å². The summed E-state index contributed by atoms with van der Waals surface area (Å²) < 4.78 is 111. The van der Waals surface area contributed by atoms with E-state index in [9.17, 15) is 35.1 Å². The van der Waals surface area contributed by atoms with Crippen LogP contribution in [0.2, 0.25) is 0 Å². The van der Waals surface area contributed by atoms with E-state index < -0.39 is 57.7 Å². The zero-order chi connectivity index (χ0) is 20.7. The Hall–Kier alpha value is -2.38. The van der Waals surface area contributed by atoms with Gasteiger partial charge in [0.1, 0.15) is 23.3 Å². The van der Waals surface area contributed by atoms with Crippen LogP contribution in [0.25, 0.3) is 11.1 Å². The molecule has 3 aromatic carbocycles. The molecule has 0 fully saturated rings. The molecule has 0 saturated heterocycles. The third-order valence-electron chi connectivity index (χ3n) is 2.87. The van der Waals surface area contributed by atoms with E-state index in [2.05, 4.69) is 6.65 Å². The van der Waals surface area contributed by atoms with E-state index in [1.165, 1.54) is 12.1 Å². The van der Waals surface area contributed by atoms with Crippen LogP contribution in [0.1, 0.15) is 0 Å². The van der Waals surface area contributed by atoms with E-state index in [-0.39, 0.29) is 20.1 Å². The molecule has 3 rings (SSSR count). The first-order valence-corrected chi connectivity index (χ1v) is 6.63. The van der Waals surface area contributed by atoms with Crippen molar-refractivity contribution in [3.8, 4) is 11.1 Å². The minimum Gasteiger partial charge on any atom is -0.214 e. The van der Waals surface area contributed by atoms with E-state index in [1.807, 2.05) is 30.3 Å². The molecule has 0 amide bonds. The van der Waals surface area contributed by atoms with Gasteiger partial charge in [0.05, 0.1) is 11.6 Å². The number of halogens is 8. The normalized spacial score (nSPS) is 9.36. The minimum absolute atomic E-state index is 0. The van der Waals surface area contributed by atoms with Gasteiger partial charge < -0.3 is 0 Å². The Bertz CT molecular complexity index is 860. The molecule has 0 aliphatic carbocycles. The molecule has 1 nitrogen and oxygen atoms in total. The van der Waals surface area contributed by atoms with Crippen molar-refractivity contribution in [1.82, 2.24) is 0 Å². The largest absolute Gasteiger partial charge is 0.214 e. The molecule has 10 heteroatoms. The van der Waals surface area contributed by atoms with E-state index in [1.54, 1.807) is 0 Å². The Morgan fingerprint density at radius 1 is 0.607 bits per heavy atom. The SMILES string of the molecule is Fc1[c-]c(-c2[c-]c(F)c(F)c(F)c2F)c(F)c(F)c1F.[C-]#[O+].[Ir].c1cc[cH-]c1. The van der Waals surface area contributed by atoms with Crippen molar-refractivity contribution >= 4 is 0 Å². The smallest absolute Gasteiger partial charge is 0 e. The molecular weight excluding hydrogens is 576 g/mol. The van der Waals surface area contributed by atoms with Crippen LogP contribution in [0.15, 0.2) is 30.3 Å². The van der Waals surface area contributed by atoms with E-state index in [0.29, 0.717) is 0 Å². The zero-order valence-corrected chi connectivity index (χ0v) is 15.5. The fraction of sp³-hybridized carbons (Fsp3) is 0. The Morgan fingerprint density at radius 2 is 0.929 bits per heavy atom. The summed E-state index contributed by atoms with van der Waals surface area (Å²) in [5.74, 6) is -17.5. The summed E-state index contributed by atoms with van der Waals surface area (Å²) in [6, 6.07) is 12.5. The molecule has 0 unspecified atom stereocenters. The molecule has 0 aliphatic rings. The molecule has 0 N–H and O–H groups in total. The van der Waals surface area contributed by atoms with Gasteiger partial charge in [0.15, 0.2) is 0 Å². The minimum atomic E-state index is -2.34. The van der Waals surface area contributed by atoms with Crippen LogP contribution >= 0.6 is 0 Å². The first-order chi connectivity index (χ1) is 12.8. The number of hydrogen-bond donors (Lipinski definition) is 0. The first kappa shape index (κ1) is 25.6. The molecule has 0 bridgehead atoms. The molecule has 151 valence electrons. The summed E-state index contributed by atoms with van der Waals surface area (Å²) in [6.45, 7) is 4.50. The molecule has 0 aromatic heterocycles. The maximum Gasteiger partial charge on any atom is 0 e. The van der Waals surface area contributed by atoms with Crippen LogP contribution in [0.3, 0.4) is 0 Å². The average Bonchev–Trinajstić information content (AvgIpc) is 3.26. The van der Waals surface area contributed by atoms with Crippen LogP contribution < -0.4 is 0 Å². The molecule has 28 heavy (non-hydrogen) atoms. The molecule has 0 spiro atoms. The van der Waals surface area contributed by atoms with E-state index >= 15 is 0 Å². The molecule has 3 aromatic rings. The molecular formula is C18H5F8IrO-3. The third kappa shape index (κ3) is 5.56. The maximum atomic E-state index is 13.3. The fourth-order valence-electron chi connectivity index (χ4n) is 1.71. The van der Waals surface area contributed by atoms with Gasteiger partial charge in [-0.1, -0.05) is 0 Å². The average molecular weight is 581 g/mol. The van der Waals surface area contributed by atoms with Gasteiger partial charge in [-0.25, -0.2) is 29.7 Å². The topological polar surface area (TPSA) is 19.9 Å². The van der Waals surface area contributed by atoms with Gasteiger partial charge in [-0.15, -0.1) is 0 Å². The maximum absolute atomic E-state index is 13.3. The Kier molecular flexibility index (Phi) is 10.5. The summed E-state index contributed by atoms with van der Waals surface area (Å²) in [4.78, 5) is 0. The molecule has 0 heterocycles. The zero-order valence-electron chi connectivity index (χ0n) is 13.2. The van der Waals surface area contributed by atoms with E-state index in [4.69, 9.17) is 4.65 Å². The van der Waals surface area contributed by atoms with Crippen LogP contribution in [0.5, 0.6) is 0 Å². The predicted molar refractivity (Wildman–Crippen MR) is 75.2 cm³/mol. The van der Waals surface area contributed by atoms with Crippen molar-refractivity contribution in [3.05, 3.63) is 95.7 Å². The summed E-state index contributed by atoms with van der Waals surface area (Å²) in [5, 5.41) is 0. The summed E-state index contributed by atoms with van der Waals surface area (Å²) in [5.41, 5.74) is -2.92. The second-order valence-electron chi connectivity index (χ2n) is 4.47. The van der Waals surface area contributed by atoms with Crippen molar-refractivity contribution in [1.29, 1.82) is 0 Å². The van der Waals surface area contributed by atoms with Gasteiger partial charge >= 0.3 is 11.3 Å². The van der Waals surface area contributed by atoms with E-state index in [0.717, 1.165) is 0 Å². The van der Waals surface area contributed by atoms with Crippen molar-refractivity contribution in [3.63, 3.8) is 0 Å². The van der Waals surface area contributed by atoms with Gasteiger partial charge in [0.2, 0.25) is 0 Å². The molecule has 0 saturated carbocycles. The van der Waals surface area contributed by atoms with Gasteiger partial charge in [-0.05, 0) is 0 Å². The standard InChI is InChI=1S/C12F8.C5H5.CO.Ir/c13-5-1-3(7(15)11(19)9(5)17)4-2-6(14)10(18)12(20)8(4)16;1-2-4-5-3-1;1-2;/h;1-5H;;/q-2;-1;;. The van der Waals surface area contributed by atoms with Gasteiger partial charge in [0.25, 0.3) is 0 Å². The van der Waals surface area contributed by atoms with Crippen molar-refractivity contribution < 1.29 is 59.9 Å². The second kappa shape index (κ2) is 11.5. The van der Waals surface area contributed by atoms with Crippen LogP contribution in [0, 0.1) is 65.3 Å². The monoisotopic (exact) mass is 582 g/mol. The first-order valence-electron chi connectivity index (χ1n) is 6.63. The number of benzene rings is 2. The van der Waals surface area contributed by atoms with Crippen molar-refractivity contribution in [2.24, 2.45) is 0 Å². The molecule has 0 aliphatic heterocycles. The van der Waals surface area contributed by atoms with Gasteiger partial charge in [0, 0.05) is 31.7 Å². The number of rotatable bonds is 1. The Labute approximate surface area is 167 Å². The molecule has 0 atom stereocenters. The van der Waals surface area contributed by atoms with Gasteiger partial charge in [-0.2, -0.15) is 41.5 Å². The van der Waals surface area contributed by atoms with Crippen molar-refractivity contribution in [2.75, 3.05) is 0 Å². The summed E-state index contributed by atoms with van der Waals surface area (Å²) in [6.07, 6.45) is 0. The quantitative estimate of drug-likeness (QED) is 0.120. The van der Waals surface area contributed by atoms with Crippen LogP contribution in [0.4, 0.5) is 35.1 Å². The third-order valence-corrected chi connectivity index (χ3v) is 2.87. The van der Waals surface area contributed by atoms with Crippen LogP contribution in [-0.2, 0) is 24.8 Å². The Morgan fingerprint density at radius 3 is 1.18 bits per heavy atom. The van der Waals surface area contributed by atoms with Gasteiger partial charge in [-0.3, -0.25) is 17.6 Å². The Balaban J connectivity index is 0.000000778. The predicted octanol–water partition coefficient (Wildman–Crippen LogP) is 5.43. The number of hydrogen-bond acceptors (Lipinski definition) is 0. The molecule has 1 radical (unpaired) electrons. The summed E-state index contributed by atoms with van der Waals surface area (Å²) in [7, 11) is 0. The van der Waals surface area contributed by atoms with Crippen LogP contribution in [-0.4, -0.2) is 0 Å².